The Morgan fingerprint density at radius 3 is 2.54 bits per heavy atom. The molecule has 0 bridgehead atoms. The number of rotatable bonds is 5. The van der Waals surface area contributed by atoms with Gasteiger partial charge in [0, 0.05) is 5.56 Å². The van der Waals surface area contributed by atoms with Crippen molar-refractivity contribution in [2.75, 3.05) is 0 Å². The molecule has 0 unspecified atom stereocenters. The number of aryl methyl sites for hydroxylation is 2. The number of sulfone groups is 1. The van der Waals surface area contributed by atoms with E-state index in [0.29, 0.717) is 5.82 Å². The molecule has 3 rings (SSSR count). The summed E-state index contributed by atoms with van der Waals surface area (Å²) in [6.45, 7) is 3.88. The minimum atomic E-state index is -3.38. The molecule has 5 nitrogen and oxygen atoms in total. The smallest absolute Gasteiger partial charge is 0.242 e. The molecular formula is C18H18N2O3S. The Balaban J connectivity index is 1.78. The van der Waals surface area contributed by atoms with Gasteiger partial charge in [-0.3, -0.25) is 0 Å². The van der Waals surface area contributed by atoms with Crippen LogP contribution >= 0.6 is 0 Å². The maximum absolute atomic E-state index is 12.4. The van der Waals surface area contributed by atoms with Gasteiger partial charge in [-0.1, -0.05) is 59.3 Å². The standard InChI is InChI=1S/C18H18N2O3S/c1-13-6-5-8-15(10-13)11-24(21,22)12-17-19-18(20-23-17)16-9-4-3-7-14(16)2/h3-10H,11-12H2,1-2H3. The number of aromatic nitrogens is 2. The number of benzene rings is 2. The summed E-state index contributed by atoms with van der Waals surface area (Å²) in [5, 5.41) is 3.90. The molecule has 0 radical (unpaired) electrons. The van der Waals surface area contributed by atoms with Crippen molar-refractivity contribution in [2.45, 2.75) is 25.4 Å². The van der Waals surface area contributed by atoms with Gasteiger partial charge in [-0.05, 0) is 25.0 Å². The molecule has 6 heteroatoms. The van der Waals surface area contributed by atoms with Crippen molar-refractivity contribution in [3.05, 3.63) is 71.1 Å². The van der Waals surface area contributed by atoms with Gasteiger partial charge in [-0.25, -0.2) is 8.42 Å². The van der Waals surface area contributed by atoms with Crippen molar-refractivity contribution in [1.82, 2.24) is 10.1 Å². The van der Waals surface area contributed by atoms with Gasteiger partial charge in [0.25, 0.3) is 0 Å². The van der Waals surface area contributed by atoms with Gasteiger partial charge in [-0.15, -0.1) is 0 Å². The van der Waals surface area contributed by atoms with Crippen LogP contribution in [-0.2, 0) is 21.3 Å². The minimum absolute atomic E-state index is 0.0449. The molecule has 0 aliphatic heterocycles. The van der Waals surface area contributed by atoms with Crippen LogP contribution in [0.4, 0.5) is 0 Å². The second-order valence-corrected chi connectivity index (χ2v) is 7.91. The molecule has 0 saturated carbocycles. The summed E-state index contributed by atoms with van der Waals surface area (Å²) in [6.07, 6.45) is 0. The van der Waals surface area contributed by atoms with Crippen LogP contribution in [-0.4, -0.2) is 18.6 Å². The lowest BCUT2D eigenvalue weighted by atomic mass is 10.1. The summed E-state index contributed by atoms with van der Waals surface area (Å²) in [5.74, 6) is 0.214. The second-order valence-electron chi connectivity index (χ2n) is 5.85. The highest BCUT2D eigenvalue weighted by molar-refractivity contribution is 7.89. The fraction of sp³-hybridized carbons (Fsp3) is 0.222. The predicted octanol–water partition coefficient (Wildman–Crippen LogP) is 3.47. The summed E-state index contributed by atoms with van der Waals surface area (Å²) in [5.41, 5.74) is 3.63. The zero-order valence-corrected chi connectivity index (χ0v) is 14.4. The van der Waals surface area contributed by atoms with Crippen LogP contribution < -0.4 is 0 Å². The van der Waals surface area contributed by atoms with Crippen LogP contribution in [0.1, 0.15) is 22.6 Å². The van der Waals surface area contributed by atoms with Gasteiger partial charge >= 0.3 is 0 Å². The van der Waals surface area contributed by atoms with Crippen LogP contribution in [0.15, 0.2) is 53.1 Å². The SMILES string of the molecule is Cc1cccc(CS(=O)(=O)Cc2nc(-c3ccccc3C)no2)c1. The van der Waals surface area contributed by atoms with E-state index in [4.69, 9.17) is 4.52 Å². The third-order valence-corrected chi connectivity index (χ3v) is 5.13. The van der Waals surface area contributed by atoms with Crippen LogP contribution in [0.5, 0.6) is 0 Å². The van der Waals surface area contributed by atoms with Crippen LogP contribution in [0.2, 0.25) is 0 Å². The molecular weight excluding hydrogens is 324 g/mol. The second kappa shape index (κ2) is 6.57. The number of nitrogens with zero attached hydrogens (tertiary/aromatic N) is 2. The zero-order chi connectivity index (χ0) is 17.2. The highest BCUT2D eigenvalue weighted by atomic mass is 32.2. The first-order valence-electron chi connectivity index (χ1n) is 7.57. The summed E-state index contributed by atoms with van der Waals surface area (Å²) < 4.78 is 29.9. The van der Waals surface area contributed by atoms with E-state index in [1.54, 1.807) is 6.07 Å². The molecule has 0 aliphatic carbocycles. The third kappa shape index (κ3) is 3.89. The fourth-order valence-electron chi connectivity index (χ4n) is 2.54. The molecule has 0 aliphatic rings. The Labute approximate surface area is 141 Å². The molecule has 0 saturated heterocycles. The Morgan fingerprint density at radius 2 is 1.79 bits per heavy atom. The van der Waals surface area contributed by atoms with Gasteiger partial charge in [0.2, 0.25) is 11.7 Å². The molecule has 0 N–H and O–H groups in total. The number of hydrogen-bond acceptors (Lipinski definition) is 5. The molecule has 24 heavy (non-hydrogen) atoms. The van der Waals surface area contributed by atoms with Gasteiger partial charge in [0.15, 0.2) is 9.84 Å². The van der Waals surface area contributed by atoms with E-state index in [0.717, 1.165) is 22.3 Å². The van der Waals surface area contributed by atoms with Gasteiger partial charge in [0.05, 0.1) is 5.75 Å². The van der Waals surface area contributed by atoms with E-state index in [-0.39, 0.29) is 17.4 Å². The van der Waals surface area contributed by atoms with E-state index in [9.17, 15) is 8.42 Å². The molecule has 0 fully saturated rings. The zero-order valence-electron chi connectivity index (χ0n) is 13.6. The fourth-order valence-corrected chi connectivity index (χ4v) is 3.82. The minimum Gasteiger partial charge on any atom is -0.338 e. The summed E-state index contributed by atoms with van der Waals surface area (Å²) in [4.78, 5) is 4.23. The first kappa shape index (κ1) is 16.4. The molecule has 0 amide bonds. The molecule has 1 aromatic heterocycles. The Morgan fingerprint density at radius 1 is 1.00 bits per heavy atom. The summed E-state index contributed by atoms with van der Waals surface area (Å²) in [7, 11) is -3.38. The van der Waals surface area contributed by atoms with Gasteiger partial charge < -0.3 is 4.52 Å². The predicted molar refractivity (Wildman–Crippen MR) is 92.0 cm³/mol. The Kier molecular flexibility index (Phi) is 4.49. The highest BCUT2D eigenvalue weighted by Gasteiger charge is 2.19. The van der Waals surface area contributed by atoms with Crippen LogP contribution in [0, 0.1) is 13.8 Å². The highest BCUT2D eigenvalue weighted by Crippen LogP contribution is 2.21. The van der Waals surface area contributed by atoms with Crippen molar-refractivity contribution in [3.8, 4) is 11.4 Å². The van der Waals surface area contributed by atoms with Crippen molar-refractivity contribution in [2.24, 2.45) is 0 Å². The normalized spacial score (nSPS) is 11.6. The average Bonchev–Trinajstić information content (AvgIpc) is 2.94. The molecule has 124 valence electrons. The van der Waals surface area contributed by atoms with Crippen molar-refractivity contribution < 1.29 is 12.9 Å². The first-order chi connectivity index (χ1) is 11.4. The molecule has 2 aromatic carbocycles. The van der Waals surface area contributed by atoms with E-state index < -0.39 is 9.84 Å². The van der Waals surface area contributed by atoms with Gasteiger partial charge in [0.1, 0.15) is 5.75 Å². The lowest BCUT2D eigenvalue weighted by molar-refractivity contribution is 0.389. The number of hydrogen-bond donors (Lipinski definition) is 0. The summed E-state index contributed by atoms with van der Waals surface area (Å²) >= 11 is 0. The third-order valence-electron chi connectivity index (χ3n) is 3.67. The van der Waals surface area contributed by atoms with Crippen LogP contribution in [0.3, 0.4) is 0 Å². The van der Waals surface area contributed by atoms with E-state index in [1.165, 1.54) is 0 Å². The largest absolute Gasteiger partial charge is 0.338 e. The summed E-state index contributed by atoms with van der Waals surface area (Å²) in [6, 6.07) is 15.1. The lowest BCUT2D eigenvalue weighted by Crippen LogP contribution is -2.08. The molecule has 0 spiro atoms. The Bertz CT molecular complexity index is 962. The Hall–Kier alpha value is -2.47. The maximum Gasteiger partial charge on any atom is 0.242 e. The topological polar surface area (TPSA) is 73.1 Å². The maximum atomic E-state index is 12.4. The quantitative estimate of drug-likeness (QED) is 0.710. The lowest BCUT2D eigenvalue weighted by Gasteiger charge is -2.03. The monoisotopic (exact) mass is 342 g/mol. The van der Waals surface area contributed by atoms with E-state index in [2.05, 4.69) is 10.1 Å². The van der Waals surface area contributed by atoms with Gasteiger partial charge in [-0.2, -0.15) is 4.98 Å². The molecule has 0 atom stereocenters. The van der Waals surface area contributed by atoms with E-state index in [1.807, 2.05) is 56.3 Å². The van der Waals surface area contributed by atoms with Crippen molar-refractivity contribution >= 4 is 9.84 Å². The van der Waals surface area contributed by atoms with Crippen molar-refractivity contribution in [3.63, 3.8) is 0 Å². The molecule has 1 heterocycles. The average molecular weight is 342 g/mol. The van der Waals surface area contributed by atoms with Crippen LogP contribution in [0.25, 0.3) is 11.4 Å². The molecule has 3 aromatic rings. The van der Waals surface area contributed by atoms with Crippen molar-refractivity contribution in [1.29, 1.82) is 0 Å². The van der Waals surface area contributed by atoms with E-state index >= 15 is 0 Å². The first-order valence-corrected chi connectivity index (χ1v) is 9.40.